The Labute approximate surface area is 174 Å². The largest absolute Gasteiger partial charge is 0.497 e. The second-order valence-electron chi connectivity index (χ2n) is 6.36. The number of benzene rings is 1. The number of guanidine groups is 1. The number of hydrogen-bond donors (Lipinski definition) is 2. The summed E-state index contributed by atoms with van der Waals surface area (Å²) in [6, 6.07) is 7.62. The summed E-state index contributed by atoms with van der Waals surface area (Å²) in [7, 11) is 3.42. The zero-order valence-corrected chi connectivity index (χ0v) is 18.3. The number of aliphatic imine (C=N–C) groups is 1. The summed E-state index contributed by atoms with van der Waals surface area (Å²) in [6.07, 6.45) is 3.66. The fourth-order valence-corrected chi connectivity index (χ4v) is 2.33. The highest BCUT2D eigenvalue weighted by Gasteiger charge is 2.20. The number of nitrogens with one attached hydrogen (secondary N) is 2. The van der Waals surface area contributed by atoms with Crippen LogP contribution in [0.15, 0.2) is 29.3 Å². The lowest BCUT2D eigenvalue weighted by Crippen LogP contribution is -2.42. The monoisotopic (exact) mass is 477 g/mol. The van der Waals surface area contributed by atoms with Crippen LogP contribution >= 0.6 is 24.0 Å². The van der Waals surface area contributed by atoms with Crippen molar-refractivity contribution in [2.24, 2.45) is 10.9 Å². The van der Waals surface area contributed by atoms with Gasteiger partial charge < -0.3 is 24.8 Å². The number of rotatable bonds is 11. The van der Waals surface area contributed by atoms with E-state index >= 15 is 0 Å². The van der Waals surface area contributed by atoms with Crippen LogP contribution in [0.5, 0.6) is 11.5 Å². The van der Waals surface area contributed by atoms with Crippen molar-refractivity contribution in [1.29, 1.82) is 0 Å². The molecule has 1 unspecified atom stereocenters. The van der Waals surface area contributed by atoms with Gasteiger partial charge in [-0.1, -0.05) is 6.07 Å². The van der Waals surface area contributed by atoms with Gasteiger partial charge >= 0.3 is 0 Å². The van der Waals surface area contributed by atoms with Crippen LogP contribution in [0.25, 0.3) is 0 Å². The topological polar surface area (TPSA) is 64.1 Å². The van der Waals surface area contributed by atoms with Crippen molar-refractivity contribution in [2.75, 3.05) is 40.5 Å². The number of nitrogens with zero attached hydrogens (tertiary/aromatic N) is 1. The van der Waals surface area contributed by atoms with E-state index in [0.717, 1.165) is 49.6 Å². The molecule has 148 valence electrons. The summed E-state index contributed by atoms with van der Waals surface area (Å²) in [5.41, 5.74) is 0. The molecule has 1 fully saturated rings. The third-order valence-corrected chi connectivity index (χ3v) is 3.97. The van der Waals surface area contributed by atoms with E-state index in [4.69, 9.17) is 14.2 Å². The van der Waals surface area contributed by atoms with E-state index in [-0.39, 0.29) is 30.1 Å². The first-order valence-corrected chi connectivity index (χ1v) is 9.04. The lowest BCUT2D eigenvalue weighted by Gasteiger charge is -2.18. The van der Waals surface area contributed by atoms with Crippen molar-refractivity contribution in [3.05, 3.63) is 24.3 Å². The second kappa shape index (κ2) is 13.0. The van der Waals surface area contributed by atoms with E-state index in [1.54, 1.807) is 14.2 Å². The molecule has 0 spiro atoms. The van der Waals surface area contributed by atoms with Gasteiger partial charge in [0.15, 0.2) is 5.96 Å². The number of hydrogen-bond acceptors (Lipinski definition) is 4. The standard InChI is InChI=1S/C19H31N3O3.HI/c1-15(25-18-7-4-6-17(12-18)23-3)13-22-19(20-2)21-10-5-11-24-14-16-8-9-16;/h4,6-7,12,15-16H,5,8-11,13-14H2,1-3H3,(H2,20,21,22);1H. The maximum Gasteiger partial charge on any atom is 0.191 e. The van der Waals surface area contributed by atoms with Gasteiger partial charge in [0, 0.05) is 32.9 Å². The van der Waals surface area contributed by atoms with E-state index in [9.17, 15) is 0 Å². The molecular formula is C19H32IN3O3. The van der Waals surface area contributed by atoms with Crippen LogP contribution < -0.4 is 20.1 Å². The van der Waals surface area contributed by atoms with Gasteiger partial charge in [-0.15, -0.1) is 24.0 Å². The van der Waals surface area contributed by atoms with E-state index in [2.05, 4.69) is 15.6 Å². The highest BCUT2D eigenvalue weighted by molar-refractivity contribution is 14.0. The highest BCUT2D eigenvalue weighted by atomic mass is 127. The summed E-state index contributed by atoms with van der Waals surface area (Å²) in [5, 5.41) is 6.57. The minimum absolute atomic E-state index is 0. The van der Waals surface area contributed by atoms with Crippen LogP contribution in [-0.2, 0) is 4.74 Å². The third kappa shape index (κ3) is 9.47. The average Bonchev–Trinajstić information content (AvgIpc) is 3.45. The summed E-state index contributed by atoms with van der Waals surface area (Å²) < 4.78 is 16.7. The zero-order valence-electron chi connectivity index (χ0n) is 16.0. The highest BCUT2D eigenvalue weighted by Crippen LogP contribution is 2.28. The van der Waals surface area contributed by atoms with Crippen LogP contribution in [-0.4, -0.2) is 52.5 Å². The Hall–Kier alpha value is -1.22. The van der Waals surface area contributed by atoms with Gasteiger partial charge in [0.2, 0.25) is 0 Å². The average molecular weight is 477 g/mol. The number of methoxy groups -OCH3 is 1. The van der Waals surface area contributed by atoms with Crippen LogP contribution in [0, 0.1) is 5.92 Å². The number of halogens is 1. The van der Waals surface area contributed by atoms with Gasteiger partial charge in [-0.2, -0.15) is 0 Å². The van der Waals surface area contributed by atoms with Gasteiger partial charge in [0.25, 0.3) is 0 Å². The van der Waals surface area contributed by atoms with Crippen molar-refractivity contribution >= 4 is 29.9 Å². The molecule has 1 aliphatic carbocycles. The Morgan fingerprint density at radius 1 is 1.27 bits per heavy atom. The van der Waals surface area contributed by atoms with Crippen LogP contribution in [0.2, 0.25) is 0 Å². The molecule has 0 radical (unpaired) electrons. The molecule has 0 heterocycles. The lowest BCUT2D eigenvalue weighted by atomic mass is 10.3. The van der Waals surface area contributed by atoms with Crippen molar-refractivity contribution in [3.63, 3.8) is 0 Å². The molecule has 1 saturated carbocycles. The Kier molecular flexibility index (Phi) is 11.4. The van der Waals surface area contributed by atoms with Gasteiger partial charge in [-0.25, -0.2) is 0 Å². The first-order valence-electron chi connectivity index (χ1n) is 9.04. The lowest BCUT2D eigenvalue weighted by molar-refractivity contribution is 0.123. The van der Waals surface area contributed by atoms with Crippen molar-refractivity contribution < 1.29 is 14.2 Å². The van der Waals surface area contributed by atoms with Crippen molar-refractivity contribution in [1.82, 2.24) is 10.6 Å². The fourth-order valence-electron chi connectivity index (χ4n) is 2.33. The van der Waals surface area contributed by atoms with Gasteiger partial charge in [-0.3, -0.25) is 4.99 Å². The summed E-state index contributed by atoms with van der Waals surface area (Å²) in [4.78, 5) is 4.23. The van der Waals surface area contributed by atoms with E-state index in [0.29, 0.717) is 6.54 Å². The molecule has 1 aliphatic rings. The van der Waals surface area contributed by atoms with Crippen molar-refractivity contribution in [3.8, 4) is 11.5 Å². The molecule has 7 heteroatoms. The second-order valence-corrected chi connectivity index (χ2v) is 6.36. The molecule has 0 amide bonds. The fraction of sp³-hybridized carbons (Fsp3) is 0.632. The summed E-state index contributed by atoms with van der Waals surface area (Å²) in [5.74, 6) is 3.19. The molecule has 0 saturated heterocycles. The SMILES string of the molecule is CN=C(NCCCOCC1CC1)NCC(C)Oc1cccc(OC)c1.I. The molecule has 0 aliphatic heterocycles. The molecule has 26 heavy (non-hydrogen) atoms. The Morgan fingerprint density at radius 3 is 2.73 bits per heavy atom. The summed E-state index contributed by atoms with van der Waals surface area (Å²) in [6.45, 7) is 5.25. The van der Waals surface area contributed by atoms with E-state index < -0.39 is 0 Å². The van der Waals surface area contributed by atoms with Crippen LogP contribution in [0.1, 0.15) is 26.2 Å². The van der Waals surface area contributed by atoms with Crippen LogP contribution in [0.4, 0.5) is 0 Å². The molecule has 0 bridgehead atoms. The van der Waals surface area contributed by atoms with Gasteiger partial charge in [0.1, 0.15) is 17.6 Å². The smallest absolute Gasteiger partial charge is 0.191 e. The predicted molar refractivity (Wildman–Crippen MR) is 116 cm³/mol. The number of ether oxygens (including phenoxy) is 3. The van der Waals surface area contributed by atoms with E-state index in [1.807, 2.05) is 31.2 Å². The Bertz CT molecular complexity index is 539. The quantitative estimate of drug-likeness (QED) is 0.222. The molecule has 6 nitrogen and oxygen atoms in total. The van der Waals surface area contributed by atoms with Crippen LogP contribution in [0.3, 0.4) is 0 Å². The zero-order chi connectivity index (χ0) is 17.9. The molecule has 1 aromatic rings. The predicted octanol–water partition coefficient (Wildman–Crippen LogP) is 3.06. The molecule has 0 aromatic heterocycles. The minimum Gasteiger partial charge on any atom is -0.497 e. The maximum atomic E-state index is 5.89. The normalized spacial score (nSPS) is 15.0. The minimum atomic E-state index is 0. The Balaban J connectivity index is 0.00000338. The molecule has 1 atom stereocenters. The molecular weight excluding hydrogens is 445 g/mol. The van der Waals surface area contributed by atoms with Crippen molar-refractivity contribution in [2.45, 2.75) is 32.3 Å². The summed E-state index contributed by atoms with van der Waals surface area (Å²) >= 11 is 0. The Morgan fingerprint density at radius 2 is 2.04 bits per heavy atom. The first kappa shape index (κ1) is 22.8. The molecule has 2 rings (SSSR count). The molecule has 1 aromatic carbocycles. The van der Waals surface area contributed by atoms with Gasteiger partial charge in [0.05, 0.1) is 13.7 Å². The first-order chi connectivity index (χ1) is 12.2. The maximum absolute atomic E-state index is 5.89. The molecule has 2 N–H and O–H groups in total. The van der Waals surface area contributed by atoms with E-state index in [1.165, 1.54) is 12.8 Å². The van der Waals surface area contributed by atoms with Gasteiger partial charge in [-0.05, 0) is 44.2 Å². The third-order valence-electron chi connectivity index (χ3n) is 3.97.